The largest absolute Gasteiger partial charge is 0.315 e. The summed E-state index contributed by atoms with van der Waals surface area (Å²) in [6.07, 6.45) is -0.201. The Bertz CT molecular complexity index is 384. The van der Waals surface area contributed by atoms with Gasteiger partial charge in [-0.2, -0.15) is 5.26 Å². The number of carbonyl (C=O) groups is 1. The third-order valence-electron chi connectivity index (χ3n) is 1.80. The highest BCUT2D eigenvalue weighted by Gasteiger charge is 2.10. The molecule has 0 aliphatic heterocycles. The zero-order chi connectivity index (χ0) is 10.6. The van der Waals surface area contributed by atoms with E-state index in [4.69, 9.17) is 5.26 Å². The van der Waals surface area contributed by atoms with E-state index in [1.165, 1.54) is 30.1 Å². The number of benzene rings is 1. The standard InChI is InChI=1S/C10H9FN2O/c1-13(10(14)5-6-12)9-4-2-3-8(11)7-9/h2-4,7H,5H2,1H3. The predicted molar refractivity (Wildman–Crippen MR) is 50.0 cm³/mol. The number of nitriles is 1. The minimum atomic E-state index is -0.404. The lowest BCUT2D eigenvalue weighted by Crippen LogP contribution is -2.25. The Balaban J connectivity index is 2.85. The molecule has 0 spiro atoms. The lowest BCUT2D eigenvalue weighted by atomic mass is 10.2. The first-order chi connectivity index (χ1) is 6.65. The Hall–Kier alpha value is -1.89. The van der Waals surface area contributed by atoms with Crippen molar-refractivity contribution in [1.29, 1.82) is 5.26 Å². The van der Waals surface area contributed by atoms with Gasteiger partial charge in [0.25, 0.3) is 0 Å². The molecule has 4 heteroatoms. The number of nitrogens with zero attached hydrogens (tertiary/aromatic N) is 2. The quantitative estimate of drug-likeness (QED) is 0.715. The summed E-state index contributed by atoms with van der Waals surface area (Å²) < 4.78 is 12.8. The molecule has 3 nitrogen and oxygen atoms in total. The summed E-state index contributed by atoms with van der Waals surface area (Å²) >= 11 is 0. The number of rotatable bonds is 2. The molecule has 0 atom stereocenters. The van der Waals surface area contributed by atoms with Gasteiger partial charge in [0.1, 0.15) is 12.2 Å². The fourth-order valence-electron chi connectivity index (χ4n) is 1.01. The number of hydrogen-bond donors (Lipinski definition) is 0. The van der Waals surface area contributed by atoms with Crippen molar-refractivity contribution in [2.75, 3.05) is 11.9 Å². The van der Waals surface area contributed by atoms with Gasteiger partial charge in [0.05, 0.1) is 6.07 Å². The maximum Gasteiger partial charge on any atom is 0.240 e. The zero-order valence-corrected chi connectivity index (χ0v) is 7.70. The summed E-state index contributed by atoms with van der Waals surface area (Å²) in [6, 6.07) is 7.42. The van der Waals surface area contributed by atoms with Crippen molar-refractivity contribution in [3.8, 4) is 6.07 Å². The van der Waals surface area contributed by atoms with Gasteiger partial charge in [-0.3, -0.25) is 4.79 Å². The lowest BCUT2D eigenvalue weighted by Gasteiger charge is -2.15. The molecule has 0 aliphatic carbocycles. The van der Waals surface area contributed by atoms with Crippen LogP contribution in [0.4, 0.5) is 10.1 Å². The van der Waals surface area contributed by atoms with Gasteiger partial charge < -0.3 is 4.90 Å². The second-order valence-electron chi connectivity index (χ2n) is 2.77. The van der Waals surface area contributed by atoms with E-state index in [0.717, 1.165) is 0 Å². The molecule has 1 amide bonds. The lowest BCUT2D eigenvalue weighted by molar-refractivity contribution is -0.117. The maximum atomic E-state index is 12.8. The number of amides is 1. The Morgan fingerprint density at radius 2 is 2.36 bits per heavy atom. The first kappa shape index (κ1) is 10.2. The molecule has 14 heavy (non-hydrogen) atoms. The van der Waals surface area contributed by atoms with Crippen molar-refractivity contribution in [1.82, 2.24) is 0 Å². The van der Waals surface area contributed by atoms with Gasteiger partial charge in [-0.05, 0) is 18.2 Å². The number of hydrogen-bond acceptors (Lipinski definition) is 2. The Kier molecular flexibility index (Phi) is 3.19. The molecule has 0 heterocycles. The van der Waals surface area contributed by atoms with Gasteiger partial charge in [0, 0.05) is 12.7 Å². The minimum absolute atomic E-state index is 0.201. The molecule has 0 aliphatic rings. The second-order valence-corrected chi connectivity index (χ2v) is 2.77. The van der Waals surface area contributed by atoms with Crippen LogP contribution < -0.4 is 4.90 Å². The summed E-state index contributed by atoms with van der Waals surface area (Å²) in [6.45, 7) is 0. The predicted octanol–water partition coefficient (Wildman–Crippen LogP) is 1.70. The van der Waals surface area contributed by atoms with Crippen LogP contribution in [-0.4, -0.2) is 13.0 Å². The highest BCUT2D eigenvalue weighted by molar-refractivity contribution is 5.93. The Morgan fingerprint density at radius 3 is 2.93 bits per heavy atom. The molecule has 0 aromatic heterocycles. The monoisotopic (exact) mass is 192 g/mol. The van der Waals surface area contributed by atoms with E-state index in [1.807, 2.05) is 0 Å². The first-order valence-corrected chi connectivity index (χ1v) is 4.04. The molecule has 1 aromatic rings. The van der Waals surface area contributed by atoms with Crippen molar-refractivity contribution in [2.24, 2.45) is 0 Å². The molecule has 0 saturated heterocycles. The molecule has 0 N–H and O–H groups in total. The van der Waals surface area contributed by atoms with E-state index in [-0.39, 0.29) is 12.3 Å². The SMILES string of the molecule is CN(C(=O)CC#N)c1cccc(F)c1. The van der Waals surface area contributed by atoms with Gasteiger partial charge in [0.15, 0.2) is 0 Å². The van der Waals surface area contributed by atoms with E-state index in [0.29, 0.717) is 5.69 Å². The molecule has 1 rings (SSSR count). The normalized spacial score (nSPS) is 9.21. The van der Waals surface area contributed by atoms with Crippen LogP contribution >= 0.6 is 0 Å². The summed E-state index contributed by atoms with van der Waals surface area (Å²) in [5, 5.41) is 8.32. The van der Waals surface area contributed by atoms with Gasteiger partial charge in [-0.1, -0.05) is 6.07 Å². The third-order valence-corrected chi connectivity index (χ3v) is 1.80. The van der Waals surface area contributed by atoms with Gasteiger partial charge >= 0.3 is 0 Å². The molecule has 72 valence electrons. The summed E-state index contributed by atoms with van der Waals surface area (Å²) in [5.41, 5.74) is 0.449. The Labute approximate surface area is 81.4 Å². The molecule has 0 radical (unpaired) electrons. The fourth-order valence-corrected chi connectivity index (χ4v) is 1.01. The molecular weight excluding hydrogens is 183 g/mol. The van der Waals surface area contributed by atoms with E-state index in [2.05, 4.69) is 0 Å². The van der Waals surface area contributed by atoms with Crippen molar-refractivity contribution < 1.29 is 9.18 Å². The summed E-state index contributed by atoms with van der Waals surface area (Å²) in [5.74, 6) is -0.753. The molecule has 0 unspecified atom stereocenters. The number of carbonyl (C=O) groups excluding carboxylic acids is 1. The van der Waals surface area contributed by atoms with E-state index >= 15 is 0 Å². The van der Waals surface area contributed by atoms with Crippen LogP contribution in [0.2, 0.25) is 0 Å². The van der Waals surface area contributed by atoms with Gasteiger partial charge in [-0.25, -0.2) is 4.39 Å². The van der Waals surface area contributed by atoms with Crippen molar-refractivity contribution >= 4 is 11.6 Å². The van der Waals surface area contributed by atoms with Crippen LogP contribution in [-0.2, 0) is 4.79 Å². The van der Waals surface area contributed by atoms with Crippen LogP contribution in [0, 0.1) is 17.1 Å². The topological polar surface area (TPSA) is 44.1 Å². The Morgan fingerprint density at radius 1 is 1.64 bits per heavy atom. The molecule has 0 fully saturated rings. The van der Waals surface area contributed by atoms with Crippen LogP contribution in [0.25, 0.3) is 0 Å². The maximum absolute atomic E-state index is 12.8. The highest BCUT2D eigenvalue weighted by atomic mass is 19.1. The zero-order valence-electron chi connectivity index (χ0n) is 7.70. The average Bonchev–Trinajstić information content (AvgIpc) is 2.17. The van der Waals surface area contributed by atoms with Crippen LogP contribution in [0.15, 0.2) is 24.3 Å². The third kappa shape index (κ3) is 2.30. The van der Waals surface area contributed by atoms with Crippen LogP contribution in [0.3, 0.4) is 0 Å². The smallest absolute Gasteiger partial charge is 0.240 e. The van der Waals surface area contributed by atoms with Crippen LogP contribution in [0.1, 0.15) is 6.42 Å². The van der Waals surface area contributed by atoms with Gasteiger partial charge in [-0.15, -0.1) is 0 Å². The van der Waals surface area contributed by atoms with Gasteiger partial charge in [0.2, 0.25) is 5.91 Å². The minimum Gasteiger partial charge on any atom is -0.315 e. The average molecular weight is 192 g/mol. The van der Waals surface area contributed by atoms with Crippen molar-refractivity contribution in [3.63, 3.8) is 0 Å². The first-order valence-electron chi connectivity index (χ1n) is 4.04. The van der Waals surface area contributed by atoms with E-state index < -0.39 is 5.82 Å². The molecular formula is C10H9FN2O. The van der Waals surface area contributed by atoms with E-state index in [1.54, 1.807) is 12.1 Å². The molecule has 1 aromatic carbocycles. The molecule has 0 bridgehead atoms. The number of halogens is 1. The second kappa shape index (κ2) is 4.38. The number of anilines is 1. The molecule has 0 saturated carbocycles. The van der Waals surface area contributed by atoms with Crippen molar-refractivity contribution in [2.45, 2.75) is 6.42 Å². The van der Waals surface area contributed by atoms with Crippen molar-refractivity contribution in [3.05, 3.63) is 30.1 Å². The fraction of sp³-hybridized carbons (Fsp3) is 0.200. The summed E-state index contributed by atoms with van der Waals surface area (Å²) in [7, 11) is 1.51. The van der Waals surface area contributed by atoms with Crippen LogP contribution in [0.5, 0.6) is 0 Å². The van der Waals surface area contributed by atoms with E-state index in [9.17, 15) is 9.18 Å². The highest BCUT2D eigenvalue weighted by Crippen LogP contribution is 2.14. The summed E-state index contributed by atoms with van der Waals surface area (Å²) in [4.78, 5) is 12.5.